The van der Waals surface area contributed by atoms with Crippen LogP contribution in [0.4, 0.5) is 4.39 Å². The third-order valence-electron chi connectivity index (χ3n) is 3.28. The minimum absolute atomic E-state index is 0.0445. The van der Waals surface area contributed by atoms with E-state index in [2.05, 4.69) is 5.32 Å². The molecule has 2 aromatic rings. The number of sulfonamides is 1. The number of primary sulfonamides is 1. The van der Waals surface area contributed by atoms with Gasteiger partial charge in [0.15, 0.2) is 0 Å². The molecular formula is C17H17FN2O3S. The van der Waals surface area contributed by atoms with E-state index in [-0.39, 0.29) is 10.8 Å². The fourth-order valence-corrected chi connectivity index (χ4v) is 2.53. The summed E-state index contributed by atoms with van der Waals surface area (Å²) in [4.78, 5) is 11.7. The van der Waals surface area contributed by atoms with Crippen LogP contribution in [0.5, 0.6) is 0 Å². The van der Waals surface area contributed by atoms with Gasteiger partial charge in [0.2, 0.25) is 15.9 Å². The van der Waals surface area contributed by atoms with Crippen LogP contribution in [-0.2, 0) is 21.2 Å². The Morgan fingerprint density at radius 1 is 1.12 bits per heavy atom. The quantitative estimate of drug-likeness (QED) is 0.781. The van der Waals surface area contributed by atoms with Gasteiger partial charge < -0.3 is 5.32 Å². The number of nitrogens with one attached hydrogen (secondary N) is 1. The van der Waals surface area contributed by atoms with E-state index in [0.29, 0.717) is 18.5 Å². The molecule has 0 aliphatic carbocycles. The SMILES string of the molecule is NS(=O)(=O)c1ccc(CCNC(=O)/C=C/c2ccccc2F)cc1. The number of amides is 1. The van der Waals surface area contributed by atoms with Crippen LogP contribution in [0.3, 0.4) is 0 Å². The molecule has 126 valence electrons. The molecule has 2 rings (SSSR count). The van der Waals surface area contributed by atoms with Crippen LogP contribution in [-0.4, -0.2) is 20.9 Å². The van der Waals surface area contributed by atoms with Crippen LogP contribution >= 0.6 is 0 Å². The van der Waals surface area contributed by atoms with Crippen molar-refractivity contribution in [2.45, 2.75) is 11.3 Å². The van der Waals surface area contributed by atoms with Crippen molar-refractivity contribution in [2.75, 3.05) is 6.54 Å². The summed E-state index contributed by atoms with van der Waals surface area (Å²) in [5, 5.41) is 7.69. The van der Waals surface area contributed by atoms with E-state index in [1.807, 2.05) is 0 Å². The van der Waals surface area contributed by atoms with Crippen LogP contribution in [0.25, 0.3) is 6.08 Å². The van der Waals surface area contributed by atoms with Gasteiger partial charge in [-0.05, 0) is 36.3 Å². The highest BCUT2D eigenvalue weighted by atomic mass is 32.2. The molecule has 0 heterocycles. The van der Waals surface area contributed by atoms with E-state index in [0.717, 1.165) is 5.56 Å². The smallest absolute Gasteiger partial charge is 0.244 e. The van der Waals surface area contributed by atoms with Crippen molar-refractivity contribution in [2.24, 2.45) is 5.14 Å². The first-order chi connectivity index (χ1) is 11.4. The minimum atomic E-state index is -3.70. The Balaban J connectivity index is 1.83. The average Bonchev–Trinajstić information content (AvgIpc) is 2.54. The molecule has 0 aromatic heterocycles. The Hall–Kier alpha value is -2.51. The van der Waals surface area contributed by atoms with Gasteiger partial charge in [0.05, 0.1) is 4.90 Å². The highest BCUT2D eigenvalue weighted by molar-refractivity contribution is 7.89. The molecule has 0 aliphatic rings. The lowest BCUT2D eigenvalue weighted by atomic mass is 10.1. The van der Waals surface area contributed by atoms with Crippen LogP contribution in [0.2, 0.25) is 0 Å². The molecule has 5 nitrogen and oxygen atoms in total. The van der Waals surface area contributed by atoms with E-state index in [1.54, 1.807) is 30.3 Å². The van der Waals surface area contributed by atoms with Crippen molar-refractivity contribution in [3.8, 4) is 0 Å². The molecule has 0 bridgehead atoms. The third kappa shape index (κ3) is 5.29. The molecule has 3 N–H and O–H groups in total. The average molecular weight is 348 g/mol. The van der Waals surface area contributed by atoms with Crippen LogP contribution < -0.4 is 10.5 Å². The molecule has 24 heavy (non-hydrogen) atoms. The lowest BCUT2D eigenvalue weighted by Crippen LogP contribution is -2.23. The lowest BCUT2D eigenvalue weighted by molar-refractivity contribution is -0.116. The number of hydrogen-bond acceptors (Lipinski definition) is 3. The molecule has 7 heteroatoms. The second-order valence-electron chi connectivity index (χ2n) is 5.08. The number of benzene rings is 2. The van der Waals surface area contributed by atoms with Gasteiger partial charge in [-0.2, -0.15) is 0 Å². The molecule has 0 atom stereocenters. The summed E-state index contributed by atoms with van der Waals surface area (Å²) in [6, 6.07) is 12.3. The molecular weight excluding hydrogens is 331 g/mol. The maximum atomic E-state index is 13.4. The van der Waals surface area contributed by atoms with Crippen molar-refractivity contribution in [1.29, 1.82) is 0 Å². The topological polar surface area (TPSA) is 89.3 Å². The molecule has 0 unspecified atom stereocenters. The van der Waals surface area contributed by atoms with Crippen LogP contribution in [0.1, 0.15) is 11.1 Å². The molecule has 0 aliphatic heterocycles. The number of rotatable bonds is 6. The monoisotopic (exact) mass is 348 g/mol. The zero-order chi connectivity index (χ0) is 17.6. The first kappa shape index (κ1) is 17.8. The standard InChI is InChI=1S/C17H17FN2O3S/c18-16-4-2-1-3-14(16)7-10-17(21)20-12-11-13-5-8-15(9-6-13)24(19,22)23/h1-10H,11-12H2,(H,20,21)(H2,19,22,23)/b10-7+. The van der Waals surface area contributed by atoms with Gasteiger partial charge >= 0.3 is 0 Å². The minimum Gasteiger partial charge on any atom is -0.352 e. The van der Waals surface area contributed by atoms with Crippen molar-refractivity contribution in [3.63, 3.8) is 0 Å². The van der Waals surface area contributed by atoms with E-state index in [1.165, 1.54) is 30.4 Å². The summed E-state index contributed by atoms with van der Waals surface area (Å²) in [6.45, 7) is 0.370. The number of carbonyl (C=O) groups excluding carboxylic acids is 1. The normalized spacial score (nSPS) is 11.6. The third-order valence-corrected chi connectivity index (χ3v) is 4.21. The summed E-state index contributed by atoms with van der Waals surface area (Å²) in [6.07, 6.45) is 3.21. The summed E-state index contributed by atoms with van der Waals surface area (Å²) in [5.74, 6) is -0.726. The first-order valence-corrected chi connectivity index (χ1v) is 8.73. The number of nitrogens with two attached hydrogens (primary N) is 1. The summed E-state index contributed by atoms with van der Waals surface area (Å²) < 4.78 is 35.7. The second-order valence-corrected chi connectivity index (χ2v) is 6.65. The molecule has 1 amide bonds. The summed E-state index contributed by atoms with van der Waals surface area (Å²) in [7, 11) is -3.70. The molecule has 2 aromatic carbocycles. The number of halogens is 1. The molecule has 0 saturated carbocycles. The number of hydrogen-bond donors (Lipinski definition) is 2. The molecule has 0 spiro atoms. The van der Waals surface area contributed by atoms with Gasteiger partial charge in [-0.1, -0.05) is 30.3 Å². The predicted molar refractivity (Wildman–Crippen MR) is 90.0 cm³/mol. The Morgan fingerprint density at radius 3 is 2.42 bits per heavy atom. The van der Waals surface area contributed by atoms with Crippen molar-refractivity contribution >= 4 is 22.0 Å². The fraction of sp³-hybridized carbons (Fsp3) is 0.118. The summed E-state index contributed by atoms with van der Waals surface area (Å²) in [5.41, 5.74) is 1.20. The van der Waals surface area contributed by atoms with Gasteiger partial charge in [0.25, 0.3) is 0 Å². The Bertz CT molecular complexity index is 846. The van der Waals surface area contributed by atoms with E-state index < -0.39 is 15.8 Å². The van der Waals surface area contributed by atoms with E-state index in [4.69, 9.17) is 5.14 Å². The highest BCUT2D eigenvalue weighted by Gasteiger charge is 2.06. The molecule has 0 radical (unpaired) electrons. The first-order valence-electron chi connectivity index (χ1n) is 7.18. The molecule has 0 fully saturated rings. The Labute approximate surface area is 140 Å². The molecule has 0 saturated heterocycles. The van der Waals surface area contributed by atoms with Crippen molar-refractivity contribution < 1.29 is 17.6 Å². The van der Waals surface area contributed by atoms with E-state index >= 15 is 0 Å². The largest absolute Gasteiger partial charge is 0.352 e. The lowest BCUT2D eigenvalue weighted by Gasteiger charge is -2.04. The Morgan fingerprint density at radius 2 is 1.79 bits per heavy atom. The van der Waals surface area contributed by atoms with Gasteiger partial charge in [-0.25, -0.2) is 17.9 Å². The van der Waals surface area contributed by atoms with Gasteiger partial charge in [-0.15, -0.1) is 0 Å². The van der Waals surface area contributed by atoms with Gasteiger partial charge in [0.1, 0.15) is 5.82 Å². The maximum Gasteiger partial charge on any atom is 0.244 e. The second kappa shape index (κ2) is 7.85. The Kier molecular flexibility index (Phi) is 5.83. The van der Waals surface area contributed by atoms with Crippen LogP contribution in [0.15, 0.2) is 59.5 Å². The highest BCUT2D eigenvalue weighted by Crippen LogP contribution is 2.09. The van der Waals surface area contributed by atoms with Crippen molar-refractivity contribution in [3.05, 3.63) is 71.6 Å². The summed E-state index contributed by atoms with van der Waals surface area (Å²) >= 11 is 0. The zero-order valence-corrected chi connectivity index (χ0v) is 13.6. The predicted octanol–water partition coefficient (Wildman–Crippen LogP) is 1.85. The van der Waals surface area contributed by atoms with Crippen LogP contribution in [0, 0.1) is 5.82 Å². The van der Waals surface area contributed by atoms with E-state index in [9.17, 15) is 17.6 Å². The van der Waals surface area contributed by atoms with Gasteiger partial charge in [-0.3, -0.25) is 4.79 Å². The fourth-order valence-electron chi connectivity index (χ4n) is 2.01. The van der Waals surface area contributed by atoms with Crippen molar-refractivity contribution in [1.82, 2.24) is 5.32 Å². The maximum absolute atomic E-state index is 13.4. The van der Waals surface area contributed by atoms with Gasteiger partial charge in [0, 0.05) is 18.2 Å². The zero-order valence-electron chi connectivity index (χ0n) is 12.8. The number of carbonyl (C=O) groups is 1.